The Morgan fingerprint density at radius 3 is 2.45 bits per heavy atom. The molecule has 0 amide bonds. The summed E-state index contributed by atoms with van der Waals surface area (Å²) in [5, 5.41) is 0.884. The Morgan fingerprint density at radius 2 is 2.00 bits per heavy atom. The van der Waals surface area contributed by atoms with Crippen LogP contribution in [0.15, 0.2) is 30.3 Å². The van der Waals surface area contributed by atoms with E-state index in [2.05, 4.69) is 0 Å². The monoisotopic (exact) mass is 151 g/mol. The topological polar surface area (TPSA) is 3.24 Å². The van der Waals surface area contributed by atoms with E-state index in [1.54, 1.807) is 0 Å². The number of hydrogen-bond acceptors (Lipinski definition) is 1. The van der Waals surface area contributed by atoms with Crippen molar-refractivity contribution in [2.75, 3.05) is 6.54 Å². The van der Waals surface area contributed by atoms with Gasteiger partial charge in [-0.25, -0.2) is 0 Å². The summed E-state index contributed by atoms with van der Waals surface area (Å²) >= 11 is 0. The van der Waals surface area contributed by atoms with Gasteiger partial charge in [0.25, 0.3) is 0 Å². The van der Waals surface area contributed by atoms with Crippen LogP contribution in [0.1, 0.15) is 18.0 Å². The predicted molar refractivity (Wildman–Crippen MR) is 41.6 cm³/mol. The van der Waals surface area contributed by atoms with Crippen LogP contribution in [0.5, 0.6) is 0 Å². The van der Waals surface area contributed by atoms with Crippen LogP contribution in [-0.2, 0) is 0 Å². The zero-order chi connectivity index (χ0) is 7.68. The van der Waals surface area contributed by atoms with E-state index in [9.17, 15) is 4.48 Å². The molecule has 0 aromatic heterocycles. The average molecular weight is 151 g/mol. The highest BCUT2D eigenvalue weighted by atomic mass is 19.2. The third-order valence-electron chi connectivity index (χ3n) is 2.14. The van der Waals surface area contributed by atoms with E-state index in [-0.39, 0.29) is 6.04 Å². The zero-order valence-electron chi connectivity index (χ0n) is 6.20. The van der Waals surface area contributed by atoms with Gasteiger partial charge in [-0.2, -0.15) is 0 Å². The molecule has 1 nitrogen and oxygen atoms in total. The molecule has 1 aromatic carbocycles. The second-order valence-corrected chi connectivity index (χ2v) is 2.84. The van der Waals surface area contributed by atoms with Gasteiger partial charge in [0.05, 0.1) is 6.04 Å². The summed E-state index contributed by atoms with van der Waals surface area (Å²) in [4.78, 5) is 0. The summed E-state index contributed by atoms with van der Waals surface area (Å²) in [6.07, 6.45) is 0.945. The molecule has 1 aromatic rings. The first-order valence-electron chi connectivity index (χ1n) is 3.85. The molecule has 58 valence electrons. The number of rotatable bonds is 1. The van der Waals surface area contributed by atoms with Crippen molar-refractivity contribution in [1.82, 2.24) is 5.12 Å². The van der Waals surface area contributed by atoms with Gasteiger partial charge in [-0.15, -0.1) is 9.60 Å². The van der Waals surface area contributed by atoms with Crippen molar-refractivity contribution >= 4 is 0 Å². The predicted octanol–water partition coefficient (Wildman–Crippen LogP) is 2.32. The van der Waals surface area contributed by atoms with E-state index in [0.29, 0.717) is 6.54 Å². The Labute approximate surface area is 65.4 Å². The van der Waals surface area contributed by atoms with Crippen LogP contribution in [0, 0.1) is 0 Å². The van der Waals surface area contributed by atoms with Crippen molar-refractivity contribution in [3.8, 4) is 0 Å². The Morgan fingerprint density at radius 1 is 1.27 bits per heavy atom. The number of benzene rings is 1. The third-order valence-corrected chi connectivity index (χ3v) is 2.14. The minimum Gasteiger partial charge on any atom is -0.139 e. The molecule has 1 saturated heterocycles. The van der Waals surface area contributed by atoms with Gasteiger partial charge in [0.1, 0.15) is 0 Å². The van der Waals surface area contributed by atoms with Crippen LogP contribution in [-0.4, -0.2) is 11.7 Å². The molecule has 1 atom stereocenters. The van der Waals surface area contributed by atoms with E-state index >= 15 is 0 Å². The second-order valence-electron chi connectivity index (χ2n) is 2.84. The molecule has 0 spiro atoms. The zero-order valence-corrected chi connectivity index (χ0v) is 6.20. The van der Waals surface area contributed by atoms with Crippen LogP contribution < -0.4 is 0 Å². The molecular weight excluding hydrogens is 141 g/mol. The molecule has 0 bridgehead atoms. The summed E-state index contributed by atoms with van der Waals surface area (Å²) in [6, 6.07) is 9.80. The average Bonchev–Trinajstić information content (AvgIpc) is 2.04. The van der Waals surface area contributed by atoms with Crippen molar-refractivity contribution in [3.05, 3.63) is 35.9 Å². The molecule has 11 heavy (non-hydrogen) atoms. The van der Waals surface area contributed by atoms with Crippen molar-refractivity contribution in [3.63, 3.8) is 0 Å². The van der Waals surface area contributed by atoms with Crippen molar-refractivity contribution < 1.29 is 4.48 Å². The number of halogens is 1. The Balaban J connectivity index is 2.17. The van der Waals surface area contributed by atoms with Gasteiger partial charge in [0.2, 0.25) is 0 Å². The molecule has 1 aliphatic heterocycles. The Bertz CT molecular complexity index is 235. The maximum absolute atomic E-state index is 12.7. The van der Waals surface area contributed by atoms with E-state index < -0.39 is 0 Å². The van der Waals surface area contributed by atoms with Crippen molar-refractivity contribution in [2.45, 2.75) is 12.5 Å². The molecule has 2 heteroatoms. The minimum absolute atomic E-state index is 0.0243. The summed E-state index contributed by atoms with van der Waals surface area (Å²) in [5.74, 6) is 0. The fraction of sp³-hybridized carbons (Fsp3) is 0.333. The number of hydrogen-bond donors (Lipinski definition) is 0. The highest BCUT2D eigenvalue weighted by molar-refractivity contribution is 5.20. The quantitative estimate of drug-likeness (QED) is 0.557. The molecule has 0 N–H and O–H groups in total. The molecule has 1 heterocycles. The standard InChI is InChI=1S/C9H10FN/c10-11-7-6-9(11)8-4-2-1-3-5-8/h1-5,9H,6-7H2. The van der Waals surface area contributed by atoms with Crippen LogP contribution in [0.25, 0.3) is 0 Å². The normalized spacial score (nSPS) is 24.6. The van der Waals surface area contributed by atoms with Gasteiger partial charge < -0.3 is 0 Å². The number of nitrogens with zero attached hydrogens (tertiary/aromatic N) is 1. The third kappa shape index (κ3) is 1.14. The lowest BCUT2D eigenvalue weighted by molar-refractivity contribution is -0.0940. The molecule has 1 fully saturated rings. The van der Waals surface area contributed by atoms with Gasteiger partial charge in [-0.3, -0.25) is 0 Å². The first kappa shape index (κ1) is 6.80. The lowest BCUT2D eigenvalue weighted by atomic mass is 9.98. The minimum atomic E-state index is 0.0243. The summed E-state index contributed by atoms with van der Waals surface area (Å²) in [7, 11) is 0. The van der Waals surface area contributed by atoms with Gasteiger partial charge >= 0.3 is 0 Å². The summed E-state index contributed by atoms with van der Waals surface area (Å²) in [5.41, 5.74) is 1.08. The highest BCUT2D eigenvalue weighted by Gasteiger charge is 2.28. The van der Waals surface area contributed by atoms with E-state index in [1.807, 2.05) is 30.3 Å². The van der Waals surface area contributed by atoms with Crippen molar-refractivity contribution in [1.29, 1.82) is 0 Å². The van der Waals surface area contributed by atoms with Crippen LogP contribution in [0.3, 0.4) is 0 Å². The Kier molecular flexibility index (Phi) is 1.62. The first-order valence-corrected chi connectivity index (χ1v) is 3.85. The smallest absolute Gasteiger partial charge is 0.0664 e. The van der Waals surface area contributed by atoms with E-state index in [4.69, 9.17) is 0 Å². The maximum Gasteiger partial charge on any atom is 0.0664 e. The molecule has 2 rings (SSSR count). The lowest BCUT2D eigenvalue weighted by Crippen LogP contribution is -2.33. The molecule has 1 aliphatic rings. The molecule has 0 saturated carbocycles. The first-order chi connectivity index (χ1) is 5.38. The van der Waals surface area contributed by atoms with Crippen molar-refractivity contribution in [2.24, 2.45) is 0 Å². The fourth-order valence-electron chi connectivity index (χ4n) is 1.36. The second kappa shape index (κ2) is 2.62. The molecule has 0 aliphatic carbocycles. The fourth-order valence-corrected chi connectivity index (χ4v) is 1.36. The molecular formula is C9H10FN. The SMILES string of the molecule is FN1CCC1c1ccccc1. The van der Waals surface area contributed by atoms with Gasteiger partial charge in [-0.1, -0.05) is 30.3 Å². The van der Waals surface area contributed by atoms with Crippen LogP contribution in [0.2, 0.25) is 0 Å². The highest BCUT2D eigenvalue weighted by Crippen LogP contribution is 2.32. The molecule has 1 unspecified atom stereocenters. The molecule has 0 radical (unpaired) electrons. The lowest BCUT2D eigenvalue weighted by Gasteiger charge is -2.33. The summed E-state index contributed by atoms with van der Waals surface area (Å²) in [6.45, 7) is 0.583. The van der Waals surface area contributed by atoms with E-state index in [1.165, 1.54) is 0 Å². The Hall–Kier alpha value is -0.890. The summed E-state index contributed by atoms with van der Waals surface area (Å²) < 4.78 is 12.7. The largest absolute Gasteiger partial charge is 0.139 e. The van der Waals surface area contributed by atoms with Gasteiger partial charge in [0, 0.05) is 6.54 Å². The van der Waals surface area contributed by atoms with Gasteiger partial charge in [-0.05, 0) is 12.0 Å². The van der Waals surface area contributed by atoms with Crippen LogP contribution >= 0.6 is 0 Å². The van der Waals surface area contributed by atoms with E-state index in [0.717, 1.165) is 17.1 Å². The van der Waals surface area contributed by atoms with Gasteiger partial charge in [0.15, 0.2) is 0 Å². The van der Waals surface area contributed by atoms with Crippen LogP contribution in [0.4, 0.5) is 4.48 Å². The maximum atomic E-state index is 12.7.